The predicted octanol–water partition coefficient (Wildman–Crippen LogP) is 8.45. The van der Waals surface area contributed by atoms with Crippen molar-refractivity contribution in [3.8, 4) is 22.9 Å². The van der Waals surface area contributed by atoms with Crippen molar-refractivity contribution in [1.82, 2.24) is 44.1 Å². The molecule has 7 rings (SSSR count). The summed E-state index contributed by atoms with van der Waals surface area (Å²) in [4.78, 5) is 11.2. The predicted molar refractivity (Wildman–Crippen MR) is 219 cm³/mol. The molecule has 25 heteroatoms. The van der Waals surface area contributed by atoms with Gasteiger partial charge in [0.2, 0.25) is 0 Å². The van der Waals surface area contributed by atoms with E-state index in [1.54, 1.807) is 46.6 Å². The van der Waals surface area contributed by atoms with Gasteiger partial charge in [-0.2, -0.15) is 26.3 Å². The van der Waals surface area contributed by atoms with E-state index in [1.165, 1.54) is 19.5 Å². The van der Waals surface area contributed by atoms with Crippen molar-refractivity contribution in [2.45, 2.75) is 105 Å². The van der Waals surface area contributed by atoms with E-state index in [0.717, 1.165) is 26.0 Å². The Morgan fingerprint density at radius 2 is 1.16 bits per heavy atom. The lowest BCUT2D eigenvalue weighted by atomic mass is 9.80. The largest absolute Gasteiger partial charge is 0.496 e. The number of rotatable bonds is 10. The van der Waals surface area contributed by atoms with Gasteiger partial charge in [-0.3, -0.25) is 8.80 Å². The summed E-state index contributed by atoms with van der Waals surface area (Å²) in [7, 11) is 2.27. The van der Waals surface area contributed by atoms with Gasteiger partial charge in [0, 0.05) is 55.6 Å². The molecule has 0 saturated carbocycles. The zero-order chi connectivity index (χ0) is 45.8. The topological polar surface area (TPSA) is 154 Å². The van der Waals surface area contributed by atoms with Crippen LogP contribution in [0, 0.1) is 11.6 Å². The molecule has 1 saturated heterocycles. The normalized spacial score (nSPS) is 15.2. The molecule has 350 valence electrons. The fourth-order valence-corrected chi connectivity index (χ4v) is 5.31. The molecular weight excluding hydrogens is 889 g/mol. The molecule has 0 amide bonds. The molecule has 0 bridgehead atoms. The molecule has 0 N–H and O–H groups in total. The minimum absolute atomic E-state index is 0. The Balaban J connectivity index is 0.000000263. The lowest BCUT2D eigenvalue weighted by molar-refractivity contribution is -0.190. The van der Waals surface area contributed by atoms with Gasteiger partial charge >= 0.3 is 19.5 Å². The molecule has 0 radical (unpaired) electrons. The first-order valence-electron chi connectivity index (χ1n) is 18.2. The summed E-state index contributed by atoms with van der Waals surface area (Å²) in [6, 6.07) is 5.42. The molecule has 1 fully saturated rings. The van der Waals surface area contributed by atoms with Crippen LogP contribution in [0.1, 0.15) is 68.0 Å². The van der Waals surface area contributed by atoms with Crippen LogP contribution in [0.15, 0.2) is 55.2 Å². The number of methoxy groups -OCH3 is 2. The van der Waals surface area contributed by atoms with Crippen LogP contribution in [0.3, 0.4) is 0 Å². The van der Waals surface area contributed by atoms with Gasteiger partial charge in [0.05, 0.1) is 17.4 Å². The lowest BCUT2D eigenvalue weighted by Crippen LogP contribution is -2.41. The molecule has 7 heterocycles. The SMILES string of the molecule is C.C.COCc1nnc2ccc(-c3cnc(O[C@H](C)C(F)(F)F)c(F)c3)cn12.COCc1nnc2cnc(Cl)cn12.C[C@@H](Oc1ncc(B2OC(C)(C)C(C)(C)O2)cc1F)C(F)(F)F. The molecular formula is C39H47BClF8N9O6. The first-order chi connectivity index (χ1) is 28.9. The number of hydrogen-bond acceptors (Lipinski definition) is 13. The maximum Gasteiger partial charge on any atom is 0.496 e. The van der Waals surface area contributed by atoms with Crippen molar-refractivity contribution in [3.63, 3.8) is 0 Å². The molecule has 0 aromatic carbocycles. The molecule has 6 aromatic heterocycles. The quantitative estimate of drug-likeness (QED) is 0.0954. The average Bonchev–Trinajstić information content (AvgIpc) is 3.85. The first kappa shape index (κ1) is 53.0. The summed E-state index contributed by atoms with van der Waals surface area (Å²) in [5.74, 6) is -2.15. The second-order valence-corrected chi connectivity index (χ2v) is 14.8. The number of halogens is 9. The van der Waals surface area contributed by atoms with E-state index in [0.29, 0.717) is 45.8 Å². The number of fused-ring (bicyclic) bond motifs is 2. The second kappa shape index (κ2) is 21.1. The van der Waals surface area contributed by atoms with Crippen molar-refractivity contribution in [1.29, 1.82) is 0 Å². The second-order valence-electron chi connectivity index (χ2n) is 14.4. The molecule has 2 atom stereocenters. The van der Waals surface area contributed by atoms with Gasteiger partial charge in [-0.1, -0.05) is 26.5 Å². The molecule has 1 aliphatic rings. The summed E-state index contributed by atoms with van der Waals surface area (Å²) < 4.78 is 137. The van der Waals surface area contributed by atoms with Gasteiger partial charge in [-0.15, -0.1) is 20.4 Å². The van der Waals surface area contributed by atoms with Crippen LogP contribution in [-0.2, 0) is 32.0 Å². The highest BCUT2D eigenvalue weighted by molar-refractivity contribution is 6.62. The van der Waals surface area contributed by atoms with E-state index in [-0.39, 0.29) is 26.9 Å². The Labute approximate surface area is 368 Å². The van der Waals surface area contributed by atoms with Crippen LogP contribution in [0.2, 0.25) is 5.15 Å². The van der Waals surface area contributed by atoms with Crippen LogP contribution in [0.4, 0.5) is 35.1 Å². The third-order valence-corrected chi connectivity index (χ3v) is 9.54. The summed E-state index contributed by atoms with van der Waals surface area (Å²) in [6.45, 7) is 9.54. The number of hydrogen-bond donors (Lipinski definition) is 0. The summed E-state index contributed by atoms with van der Waals surface area (Å²) >= 11 is 5.72. The van der Waals surface area contributed by atoms with E-state index in [2.05, 4.69) is 44.8 Å². The highest BCUT2D eigenvalue weighted by atomic mass is 35.5. The van der Waals surface area contributed by atoms with Crippen molar-refractivity contribution >= 4 is 35.5 Å². The Kier molecular flexibility index (Phi) is 17.5. The summed E-state index contributed by atoms with van der Waals surface area (Å²) in [5.41, 5.74) is 1.23. The van der Waals surface area contributed by atoms with Gasteiger partial charge in [0.25, 0.3) is 11.8 Å². The fourth-order valence-electron chi connectivity index (χ4n) is 5.16. The van der Waals surface area contributed by atoms with Gasteiger partial charge < -0.3 is 28.3 Å². The molecule has 15 nitrogen and oxygen atoms in total. The van der Waals surface area contributed by atoms with Crippen molar-refractivity contribution in [2.24, 2.45) is 0 Å². The highest BCUT2D eigenvalue weighted by Gasteiger charge is 2.52. The van der Waals surface area contributed by atoms with E-state index in [1.807, 2.05) is 27.7 Å². The smallest absolute Gasteiger partial charge is 0.463 e. The Bertz CT molecular complexity index is 2460. The fraction of sp³-hybridized carbons (Fsp3) is 0.462. The van der Waals surface area contributed by atoms with Crippen LogP contribution >= 0.6 is 11.6 Å². The van der Waals surface area contributed by atoms with Crippen LogP contribution in [-0.4, -0.2) is 101 Å². The van der Waals surface area contributed by atoms with E-state index in [4.69, 9.17) is 30.4 Å². The lowest BCUT2D eigenvalue weighted by Gasteiger charge is -2.32. The molecule has 0 aliphatic carbocycles. The standard InChI is InChI=1S/C16H14F4N4O2.C14H18BF4NO3.C7H7ClN4O.2CH4/c1-9(16(18,19)20)26-15-12(17)5-11(6-21-15)10-3-4-13-22-23-14(8-25-2)24(13)7-10;1-8(14(17,18)19)21-11-10(16)6-9(7-20-11)15-22-12(2,3)13(4,5)23-15;1-13-4-7-11-10-6-2-9-5(8)3-12(6)7;;/h3-7,9H,8H2,1-2H3;6-8H,1-5H3;2-3H,4H2,1H3;2*1H4/t9-;8-;;;/m11.../s1. The van der Waals surface area contributed by atoms with E-state index >= 15 is 0 Å². The number of alkyl halides is 6. The van der Waals surface area contributed by atoms with Crippen molar-refractivity contribution in [3.05, 3.63) is 83.7 Å². The van der Waals surface area contributed by atoms with Gasteiger partial charge in [0.1, 0.15) is 18.4 Å². The van der Waals surface area contributed by atoms with E-state index in [9.17, 15) is 35.1 Å². The van der Waals surface area contributed by atoms with Crippen LogP contribution < -0.4 is 14.9 Å². The highest BCUT2D eigenvalue weighted by Crippen LogP contribution is 2.37. The molecule has 0 spiro atoms. The molecule has 0 unspecified atom stereocenters. The average molecular weight is 936 g/mol. The van der Waals surface area contributed by atoms with Gasteiger partial charge in [-0.25, -0.2) is 23.7 Å². The van der Waals surface area contributed by atoms with E-state index < -0.39 is 66.3 Å². The number of nitrogens with zero attached hydrogens (tertiary/aromatic N) is 9. The molecule has 64 heavy (non-hydrogen) atoms. The monoisotopic (exact) mass is 935 g/mol. The molecule has 6 aromatic rings. The first-order valence-corrected chi connectivity index (χ1v) is 18.6. The number of aromatic nitrogens is 9. The summed E-state index contributed by atoms with van der Waals surface area (Å²) in [5, 5.41) is 16.2. The van der Waals surface area contributed by atoms with Gasteiger partial charge in [0.15, 0.2) is 46.8 Å². The Morgan fingerprint density at radius 1 is 0.672 bits per heavy atom. The maximum atomic E-state index is 14.1. The third kappa shape index (κ3) is 12.7. The zero-order valence-corrected chi connectivity index (χ0v) is 35.0. The number of ether oxygens (including phenoxy) is 4. The van der Waals surface area contributed by atoms with Crippen molar-refractivity contribution in [2.75, 3.05) is 14.2 Å². The minimum atomic E-state index is -4.61. The van der Waals surface area contributed by atoms with Gasteiger partial charge in [-0.05, 0) is 65.8 Å². The van der Waals surface area contributed by atoms with Crippen LogP contribution in [0.5, 0.6) is 11.8 Å². The molecule has 1 aliphatic heterocycles. The maximum absolute atomic E-state index is 14.1. The van der Waals surface area contributed by atoms with Crippen LogP contribution in [0.25, 0.3) is 22.4 Å². The third-order valence-electron chi connectivity index (χ3n) is 9.35. The Hall–Kier alpha value is -5.30. The Morgan fingerprint density at radius 3 is 1.64 bits per heavy atom. The zero-order valence-electron chi connectivity index (χ0n) is 34.2. The minimum Gasteiger partial charge on any atom is -0.463 e. The van der Waals surface area contributed by atoms with Crippen molar-refractivity contribution < 1.29 is 63.4 Å². The number of pyridine rings is 3. The summed E-state index contributed by atoms with van der Waals surface area (Å²) in [6.07, 6.45) is -6.22.